The van der Waals surface area contributed by atoms with Crippen molar-refractivity contribution in [3.05, 3.63) is 35.2 Å². The molecular weight excluding hydrogens is 374 g/mol. The van der Waals surface area contributed by atoms with E-state index in [1.165, 1.54) is 34.4 Å². The van der Waals surface area contributed by atoms with Gasteiger partial charge >= 0.3 is 0 Å². The van der Waals surface area contributed by atoms with Gasteiger partial charge in [-0.05, 0) is 13.3 Å². The molecule has 2 heterocycles. The zero-order valence-electron chi connectivity index (χ0n) is 13.7. The van der Waals surface area contributed by atoms with Crippen LogP contribution in [0.2, 0.25) is 0 Å². The number of rotatable bonds is 6. The molecule has 0 radical (unpaired) electrons. The third kappa shape index (κ3) is 4.36. The van der Waals surface area contributed by atoms with E-state index >= 15 is 0 Å². The highest BCUT2D eigenvalue weighted by molar-refractivity contribution is 8.02. The first-order valence-corrected chi connectivity index (χ1v) is 10.2. The second-order valence-corrected chi connectivity index (χ2v) is 8.86. The molecule has 130 valence electrons. The standard InChI is InChI=1S/C16H17N5OS3/c1-3-11(24-16-21-20-14(17)25-16)13(22)19-15-18-12(9(2)23-15)10-7-5-4-6-8-10/h4-8,11H,3H2,1-2H3,(H2,17,20)(H,18,19,22)/t11-/m0/s1. The lowest BCUT2D eigenvalue weighted by molar-refractivity contribution is -0.115. The number of aromatic nitrogens is 3. The summed E-state index contributed by atoms with van der Waals surface area (Å²) < 4.78 is 0.694. The molecule has 3 aromatic rings. The number of benzene rings is 1. The van der Waals surface area contributed by atoms with Crippen molar-refractivity contribution in [2.75, 3.05) is 11.1 Å². The van der Waals surface area contributed by atoms with Crippen LogP contribution in [0.5, 0.6) is 0 Å². The van der Waals surface area contributed by atoms with Crippen molar-refractivity contribution >= 4 is 50.6 Å². The Kier molecular flexibility index (Phi) is 5.67. The number of amides is 1. The number of nitrogens with one attached hydrogen (secondary N) is 1. The molecule has 9 heteroatoms. The Hall–Kier alpha value is -1.97. The molecule has 3 N–H and O–H groups in total. The zero-order chi connectivity index (χ0) is 17.8. The Morgan fingerprint density at radius 2 is 2.04 bits per heavy atom. The highest BCUT2D eigenvalue weighted by atomic mass is 32.2. The number of aryl methyl sites for hydroxylation is 1. The number of hydrogen-bond acceptors (Lipinski definition) is 8. The number of carbonyl (C=O) groups is 1. The Labute approximate surface area is 157 Å². The zero-order valence-corrected chi connectivity index (χ0v) is 16.2. The largest absolute Gasteiger partial charge is 0.374 e. The topological polar surface area (TPSA) is 93.8 Å². The normalized spacial score (nSPS) is 12.1. The van der Waals surface area contributed by atoms with Crippen LogP contribution in [0.4, 0.5) is 10.3 Å². The Morgan fingerprint density at radius 1 is 1.28 bits per heavy atom. The van der Waals surface area contributed by atoms with Crippen LogP contribution in [-0.2, 0) is 4.79 Å². The minimum absolute atomic E-state index is 0.0883. The van der Waals surface area contributed by atoms with Crippen molar-refractivity contribution in [3.8, 4) is 11.3 Å². The molecule has 1 amide bonds. The lowest BCUT2D eigenvalue weighted by Crippen LogP contribution is -2.24. The fourth-order valence-corrected chi connectivity index (χ4v) is 4.85. The van der Waals surface area contributed by atoms with Gasteiger partial charge < -0.3 is 11.1 Å². The van der Waals surface area contributed by atoms with Crippen molar-refractivity contribution < 1.29 is 4.79 Å². The summed E-state index contributed by atoms with van der Waals surface area (Å²) >= 11 is 4.14. The summed E-state index contributed by atoms with van der Waals surface area (Å²) in [5.41, 5.74) is 7.54. The monoisotopic (exact) mass is 391 g/mol. The van der Waals surface area contributed by atoms with Crippen LogP contribution < -0.4 is 11.1 Å². The molecular formula is C16H17N5OS3. The maximum absolute atomic E-state index is 12.6. The molecule has 1 atom stereocenters. The smallest absolute Gasteiger partial charge is 0.239 e. The van der Waals surface area contributed by atoms with Gasteiger partial charge in [0, 0.05) is 10.4 Å². The van der Waals surface area contributed by atoms with Crippen LogP contribution in [0, 0.1) is 6.92 Å². The van der Waals surface area contributed by atoms with Crippen molar-refractivity contribution in [3.63, 3.8) is 0 Å². The molecule has 3 rings (SSSR count). The molecule has 6 nitrogen and oxygen atoms in total. The van der Waals surface area contributed by atoms with Crippen molar-refractivity contribution in [1.82, 2.24) is 15.2 Å². The molecule has 0 spiro atoms. The van der Waals surface area contributed by atoms with Crippen molar-refractivity contribution in [1.29, 1.82) is 0 Å². The van der Waals surface area contributed by atoms with Gasteiger partial charge in [0.15, 0.2) is 9.47 Å². The molecule has 25 heavy (non-hydrogen) atoms. The predicted molar refractivity (Wildman–Crippen MR) is 105 cm³/mol. The summed E-state index contributed by atoms with van der Waals surface area (Å²) in [4.78, 5) is 18.2. The fraction of sp³-hybridized carbons (Fsp3) is 0.250. The third-order valence-electron chi connectivity index (χ3n) is 3.40. The van der Waals surface area contributed by atoms with Gasteiger partial charge in [-0.15, -0.1) is 21.5 Å². The highest BCUT2D eigenvalue weighted by Gasteiger charge is 2.22. The number of nitrogens with two attached hydrogens (primary N) is 1. The second-order valence-electron chi connectivity index (χ2n) is 5.20. The minimum Gasteiger partial charge on any atom is -0.374 e. The minimum atomic E-state index is -0.267. The maximum atomic E-state index is 12.6. The lowest BCUT2D eigenvalue weighted by Gasteiger charge is -2.11. The van der Waals surface area contributed by atoms with Crippen LogP contribution in [0.3, 0.4) is 0 Å². The number of carbonyl (C=O) groups excluding carboxylic acids is 1. The number of nitrogen functional groups attached to an aromatic ring is 1. The van der Waals surface area contributed by atoms with E-state index in [1.807, 2.05) is 44.2 Å². The predicted octanol–water partition coefficient (Wildman–Crippen LogP) is 4.06. The number of thiazole rings is 1. The van der Waals surface area contributed by atoms with E-state index in [9.17, 15) is 4.79 Å². The summed E-state index contributed by atoms with van der Waals surface area (Å²) in [7, 11) is 0. The van der Waals surface area contributed by atoms with Crippen LogP contribution in [0.15, 0.2) is 34.7 Å². The molecule has 0 unspecified atom stereocenters. The third-order valence-corrected chi connectivity index (χ3v) is 6.49. The van der Waals surface area contributed by atoms with E-state index in [1.54, 1.807) is 0 Å². The Morgan fingerprint density at radius 3 is 2.68 bits per heavy atom. The molecule has 0 aliphatic heterocycles. The summed E-state index contributed by atoms with van der Waals surface area (Å²) in [5.74, 6) is -0.0883. The second kappa shape index (κ2) is 7.94. The molecule has 0 bridgehead atoms. The molecule has 0 aliphatic rings. The van der Waals surface area contributed by atoms with Crippen LogP contribution >= 0.6 is 34.4 Å². The molecule has 0 fully saturated rings. The first-order chi connectivity index (χ1) is 12.1. The summed E-state index contributed by atoms with van der Waals surface area (Å²) in [5, 5.41) is 11.4. The van der Waals surface area contributed by atoms with Gasteiger partial charge in [-0.3, -0.25) is 4.79 Å². The fourth-order valence-electron chi connectivity index (χ4n) is 2.21. The Bertz CT molecular complexity index is 862. The number of anilines is 2. The van der Waals surface area contributed by atoms with Gasteiger partial charge in [-0.1, -0.05) is 60.4 Å². The molecule has 0 saturated heterocycles. The summed E-state index contributed by atoms with van der Waals surface area (Å²) in [6.45, 7) is 3.97. The van der Waals surface area contributed by atoms with E-state index in [2.05, 4.69) is 20.5 Å². The number of hydrogen-bond donors (Lipinski definition) is 2. The first kappa shape index (κ1) is 17.8. The average Bonchev–Trinajstić information content (AvgIpc) is 3.18. The van der Waals surface area contributed by atoms with Crippen molar-refractivity contribution in [2.24, 2.45) is 0 Å². The highest BCUT2D eigenvalue weighted by Crippen LogP contribution is 2.32. The summed E-state index contributed by atoms with van der Waals surface area (Å²) in [6, 6.07) is 9.95. The quantitative estimate of drug-likeness (QED) is 0.615. The van der Waals surface area contributed by atoms with Gasteiger partial charge in [-0.25, -0.2) is 4.98 Å². The lowest BCUT2D eigenvalue weighted by atomic mass is 10.1. The maximum Gasteiger partial charge on any atom is 0.239 e. The molecule has 2 aromatic heterocycles. The van der Waals surface area contributed by atoms with Crippen molar-refractivity contribution in [2.45, 2.75) is 29.9 Å². The van der Waals surface area contributed by atoms with Gasteiger partial charge in [0.25, 0.3) is 0 Å². The number of nitrogens with zero attached hydrogens (tertiary/aromatic N) is 3. The molecule has 0 aliphatic carbocycles. The van der Waals surface area contributed by atoms with E-state index < -0.39 is 0 Å². The van der Waals surface area contributed by atoms with E-state index in [-0.39, 0.29) is 11.2 Å². The Balaban J connectivity index is 1.71. The average molecular weight is 392 g/mol. The summed E-state index contributed by atoms with van der Waals surface area (Å²) in [6.07, 6.45) is 0.673. The van der Waals surface area contributed by atoms with E-state index in [0.29, 0.717) is 21.0 Å². The van der Waals surface area contributed by atoms with Crippen LogP contribution in [0.25, 0.3) is 11.3 Å². The van der Waals surface area contributed by atoms with Crippen LogP contribution in [0.1, 0.15) is 18.2 Å². The van der Waals surface area contributed by atoms with Crippen LogP contribution in [-0.4, -0.2) is 26.3 Å². The van der Waals surface area contributed by atoms with E-state index in [0.717, 1.165) is 16.1 Å². The van der Waals surface area contributed by atoms with Gasteiger partial charge in [0.05, 0.1) is 10.9 Å². The molecule has 1 aromatic carbocycles. The van der Waals surface area contributed by atoms with Gasteiger partial charge in [0.2, 0.25) is 11.0 Å². The molecule has 0 saturated carbocycles. The first-order valence-electron chi connectivity index (χ1n) is 7.66. The van der Waals surface area contributed by atoms with Gasteiger partial charge in [-0.2, -0.15) is 0 Å². The number of thioether (sulfide) groups is 1. The van der Waals surface area contributed by atoms with E-state index in [4.69, 9.17) is 5.73 Å². The SMILES string of the molecule is CC[C@H](Sc1nnc(N)s1)C(=O)Nc1nc(-c2ccccc2)c(C)s1. The van der Waals surface area contributed by atoms with Gasteiger partial charge in [0.1, 0.15) is 0 Å².